The highest BCUT2D eigenvalue weighted by molar-refractivity contribution is 7.51. The van der Waals surface area contributed by atoms with Crippen LogP contribution in [0.4, 0.5) is 8.78 Å². The Morgan fingerprint density at radius 1 is 1.12 bits per heavy atom. The van der Waals surface area contributed by atoms with Gasteiger partial charge in [0.15, 0.2) is 0 Å². The minimum atomic E-state index is -4.10. The molecule has 0 spiro atoms. The van der Waals surface area contributed by atoms with Crippen molar-refractivity contribution < 1.29 is 38.1 Å². The normalized spacial score (nSPS) is 13.0. The zero-order valence-corrected chi connectivity index (χ0v) is 17.4. The molecule has 0 aliphatic heterocycles. The zero-order valence-electron chi connectivity index (χ0n) is 16.5. The highest BCUT2D eigenvalue weighted by atomic mass is 31.2. The third-order valence-corrected chi connectivity index (χ3v) is 4.73. The molecule has 3 rings (SSSR count). The van der Waals surface area contributed by atoms with Gasteiger partial charge in [-0.3, -0.25) is 14.7 Å². The number of hydrogen-bond acceptors (Lipinski definition) is 6. The van der Waals surface area contributed by atoms with E-state index in [1.165, 1.54) is 53.7 Å². The summed E-state index contributed by atoms with van der Waals surface area (Å²) >= 11 is 0. The summed E-state index contributed by atoms with van der Waals surface area (Å²) in [4.78, 5) is 30.0. The number of carbonyl (C=O) groups is 1. The maximum Gasteiger partial charge on any atom is 0.339 e. The molecule has 1 atom stereocenters. The summed E-state index contributed by atoms with van der Waals surface area (Å²) in [6, 6.07) is 11.2. The van der Waals surface area contributed by atoms with Gasteiger partial charge >= 0.3 is 13.6 Å². The van der Waals surface area contributed by atoms with E-state index in [9.17, 15) is 23.2 Å². The number of nitrogens with zero attached hydrogens (tertiary/aromatic N) is 3. The third-order valence-electron chi connectivity index (χ3n) is 4.09. The summed E-state index contributed by atoms with van der Waals surface area (Å²) in [5, 5.41) is 25.2. The van der Waals surface area contributed by atoms with Crippen molar-refractivity contribution in [3.63, 3.8) is 0 Å². The number of nitrogens with one attached hydrogen (secondary N) is 1. The van der Waals surface area contributed by atoms with Crippen LogP contribution in [0.25, 0.3) is 0 Å². The smallest absolute Gasteiger partial charge is 0.339 e. The molecule has 0 saturated carbocycles. The Morgan fingerprint density at radius 3 is 2.31 bits per heavy atom. The zero-order chi connectivity index (χ0) is 23.8. The molecule has 1 aromatic heterocycles. The SMILES string of the molecule is O=C(O)CNCP(=O)(O)O.OC(Cn1cncn1)(c1ccc(F)cc1)c1ccccc1F. The second-order valence-electron chi connectivity index (χ2n) is 6.58. The van der Waals surface area contributed by atoms with Crippen LogP contribution in [0.1, 0.15) is 11.1 Å². The van der Waals surface area contributed by atoms with Crippen molar-refractivity contribution in [3.05, 3.63) is 83.9 Å². The second-order valence-corrected chi connectivity index (χ2v) is 8.23. The van der Waals surface area contributed by atoms with E-state index < -0.39 is 43.6 Å². The number of halogens is 2. The number of aliphatic hydroxyl groups is 1. The average molecular weight is 470 g/mol. The molecule has 32 heavy (non-hydrogen) atoms. The van der Waals surface area contributed by atoms with Crippen LogP contribution < -0.4 is 5.32 Å². The van der Waals surface area contributed by atoms with Gasteiger partial charge in [-0.2, -0.15) is 5.10 Å². The van der Waals surface area contributed by atoms with Crippen molar-refractivity contribution in [2.45, 2.75) is 12.1 Å². The number of hydrogen-bond donors (Lipinski definition) is 5. The minimum absolute atomic E-state index is 0.0421. The minimum Gasteiger partial charge on any atom is -0.480 e. The predicted octanol–water partition coefficient (Wildman–Crippen LogP) is 1.29. The number of benzene rings is 2. The molecule has 0 amide bonds. The first-order chi connectivity index (χ1) is 15.0. The Labute approximate surface area is 181 Å². The number of rotatable bonds is 8. The second kappa shape index (κ2) is 11.0. The Balaban J connectivity index is 0.000000309. The molecule has 10 nitrogen and oxygen atoms in total. The lowest BCUT2D eigenvalue weighted by Gasteiger charge is -2.29. The summed E-state index contributed by atoms with van der Waals surface area (Å²) in [7, 11) is -4.10. The molecule has 0 bridgehead atoms. The van der Waals surface area contributed by atoms with Crippen LogP contribution in [-0.2, 0) is 21.5 Å². The molecule has 0 aliphatic carbocycles. The summed E-state index contributed by atoms with van der Waals surface area (Å²) in [5.74, 6) is -2.12. The van der Waals surface area contributed by atoms with E-state index in [1.807, 2.05) is 0 Å². The molecule has 0 saturated heterocycles. The summed E-state index contributed by atoms with van der Waals surface area (Å²) in [6.07, 6.45) is 2.15. The number of aromatic nitrogens is 3. The van der Waals surface area contributed by atoms with E-state index in [0.717, 1.165) is 0 Å². The Morgan fingerprint density at radius 2 is 1.78 bits per heavy atom. The van der Waals surface area contributed by atoms with E-state index in [4.69, 9.17) is 14.9 Å². The topological polar surface area (TPSA) is 158 Å². The maximum atomic E-state index is 14.2. The average Bonchev–Trinajstić information content (AvgIpc) is 3.20. The van der Waals surface area contributed by atoms with Gasteiger partial charge in [-0.15, -0.1) is 0 Å². The largest absolute Gasteiger partial charge is 0.480 e. The fourth-order valence-electron chi connectivity index (χ4n) is 2.71. The Hall–Kier alpha value is -3.02. The monoisotopic (exact) mass is 470 g/mol. The molecule has 0 radical (unpaired) electrons. The lowest BCUT2D eigenvalue weighted by molar-refractivity contribution is -0.135. The standard InChI is InChI=1S/C16H13F2N3O.C3H8NO5P/c17-13-7-5-12(6-8-13)16(22,9-21-11-19-10-20-21)14-3-1-2-4-15(14)18;5-3(6)1-4-2-10(7,8)9/h1-8,10-11,22H,9H2;4H,1-2H2,(H,5,6)(H2,7,8,9). The van der Waals surface area contributed by atoms with Crippen LogP contribution in [0, 0.1) is 11.6 Å². The van der Waals surface area contributed by atoms with Gasteiger partial charge in [0.05, 0.1) is 19.4 Å². The van der Waals surface area contributed by atoms with Crippen LogP contribution in [0.3, 0.4) is 0 Å². The van der Waals surface area contributed by atoms with Crippen LogP contribution in [0.2, 0.25) is 0 Å². The van der Waals surface area contributed by atoms with Crippen molar-refractivity contribution in [2.24, 2.45) is 0 Å². The molecule has 2 aromatic carbocycles. The van der Waals surface area contributed by atoms with Gasteiger partial charge in [-0.25, -0.2) is 18.4 Å². The van der Waals surface area contributed by atoms with Crippen LogP contribution >= 0.6 is 7.60 Å². The van der Waals surface area contributed by atoms with E-state index in [-0.39, 0.29) is 12.1 Å². The van der Waals surface area contributed by atoms with Crippen molar-refractivity contribution >= 4 is 13.6 Å². The molecule has 1 unspecified atom stereocenters. The third kappa shape index (κ3) is 7.59. The summed E-state index contributed by atoms with van der Waals surface area (Å²) < 4.78 is 38.8. The van der Waals surface area contributed by atoms with Gasteiger partial charge in [0.1, 0.15) is 29.9 Å². The number of carboxylic acids is 1. The van der Waals surface area contributed by atoms with Crippen LogP contribution in [-0.4, -0.2) is 53.6 Å². The van der Waals surface area contributed by atoms with Crippen molar-refractivity contribution in [2.75, 3.05) is 12.8 Å². The lowest BCUT2D eigenvalue weighted by Crippen LogP contribution is -2.34. The van der Waals surface area contributed by atoms with Gasteiger partial charge in [-0.1, -0.05) is 30.3 Å². The molecule has 3 aromatic rings. The molecule has 0 fully saturated rings. The first-order valence-corrected chi connectivity index (χ1v) is 10.8. The molecule has 0 aliphatic rings. The fourth-order valence-corrected chi connectivity index (χ4v) is 3.11. The van der Waals surface area contributed by atoms with Crippen LogP contribution in [0.5, 0.6) is 0 Å². The van der Waals surface area contributed by atoms with E-state index >= 15 is 0 Å². The van der Waals surface area contributed by atoms with E-state index in [1.54, 1.807) is 12.1 Å². The molecular weight excluding hydrogens is 449 g/mol. The van der Waals surface area contributed by atoms with Gasteiger partial charge < -0.3 is 20.0 Å². The van der Waals surface area contributed by atoms with Gasteiger partial charge in [0.25, 0.3) is 0 Å². The quantitative estimate of drug-likeness (QED) is 0.306. The van der Waals surface area contributed by atoms with Gasteiger partial charge in [0, 0.05) is 5.56 Å². The number of carboxylic acid groups (broad SMARTS) is 1. The first kappa shape index (κ1) is 25.2. The molecule has 172 valence electrons. The van der Waals surface area contributed by atoms with Crippen molar-refractivity contribution in [3.8, 4) is 0 Å². The van der Waals surface area contributed by atoms with E-state index in [2.05, 4.69) is 15.4 Å². The molecule has 13 heteroatoms. The van der Waals surface area contributed by atoms with Crippen molar-refractivity contribution in [1.82, 2.24) is 20.1 Å². The Kier molecular flexibility index (Phi) is 8.70. The molecule has 5 N–H and O–H groups in total. The van der Waals surface area contributed by atoms with Crippen LogP contribution in [0.15, 0.2) is 61.2 Å². The van der Waals surface area contributed by atoms with Gasteiger partial charge in [-0.05, 0) is 23.8 Å². The van der Waals surface area contributed by atoms with Crippen molar-refractivity contribution in [1.29, 1.82) is 0 Å². The predicted molar refractivity (Wildman–Crippen MR) is 108 cm³/mol. The van der Waals surface area contributed by atoms with E-state index in [0.29, 0.717) is 5.56 Å². The summed E-state index contributed by atoms with van der Waals surface area (Å²) in [5.41, 5.74) is -1.22. The molecular formula is C19H21F2N4O6P. The highest BCUT2D eigenvalue weighted by Gasteiger charge is 2.35. The highest BCUT2D eigenvalue weighted by Crippen LogP contribution is 2.33. The lowest BCUT2D eigenvalue weighted by atomic mass is 9.86. The Bertz CT molecular complexity index is 1060. The maximum absolute atomic E-state index is 14.2. The van der Waals surface area contributed by atoms with Gasteiger partial charge in [0.2, 0.25) is 0 Å². The fraction of sp³-hybridized carbons (Fsp3) is 0.211. The first-order valence-electron chi connectivity index (χ1n) is 9.04. The molecule has 1 heterocycles. The number of aliphatic carboxylic acids is 1. The summed E-state index contributed by atoms with van der Waals surface area (Å²) in [6.45, 7) is -0.481.